The van der Waals surface area contributed by atoms with Gasteiger partial charge in [0.2, 0.25) is 5.95 Å². The quantitative estimate of drug-likeness (QED) is 0.223. The van der Waals surface area contributed by atoms with Gasteiger partial charge in [-0.1, -0.05) is 0 Å². The number of aliphatic hydroxyl groups excluding tert-OH is 1. The summed E-state index contributed by atoms with van der Waals surface area (Å²) in [4.78, 5) is 38.2. The van der Waals surface area contributed by atoms with Crippen LogP contribution in [0.25, 0.3) is 0 Å². The van der Waals surface area contributed by atoms with Gasteiger partial charge < -0.3 is 44.9 Å². The summed E-state index contributed by atoms with van der Waals surface area (Å²) < 4.78 is 21.7. The van der Waals surface area contributed by atoms with Gasteiger partial charge in [-0.15, -0.1) is 4.98 Å². The fraction of sp³-hybridized carbons (Fsp3) is 0.792. The molecular weight excluding hydrogens is 498 g/mol. The molecule has 1 aromatic rings. The van der Waals surface area contributed by atoms with Crippen LogP contribution in [-0.2, 0) is 9.47 Å². The smallest absolute Gasteiger partial charge is 0.407 e. The molecule has 218 valence electrons. The lowest BCUT2D eigenvalue weighted by Crippen LogP contribution is -2.33. The minimum absolute atomic E-state index is 0.0732. The van der Waals surface area contributed by atoms with Gasteiger partial charge in [-0.25, -0.2) is 9.59 Å². The first-order chi connectivity index (χ1) is 17.8. The highest BCUT2D eigenvalue weighted by Gasteiger charge is 2.16. The molecule has 0 fully saturated rings. The van der Waals surface area contributed by atoms with E-state index >= 15 is 0 Å². The van der Waals surface area contributed by atoms with Crippen LogP contribution in [-0.4, -0.2) is 108 Å². The van der Waals surface area contributed by atoms with Crippen molar-refractivity contribution in [3.05, 3.63) is 0 Å². The summed E-state index contributed by atoms with van der Waals surface area (Å²) in [6.45, 7) is 13.8. The zero-order valence-corrected chi connectivity index (χ0v) is 23.8. The Balaban J connectivity index is 2.59. The van der Waals surface area contributed by atoms with E-state index in [1.54, 1.807) is 41.5 Å². The largest absolute Gasteiger partial charge is 0.463 e. The molecule has 0 aliphatic heterocycles. The van der Waals surface area contributed by atoms with Crippen molar-refractivity contribution in [1.29, 1.82) is 0 Å². The summed E-state index contributed by atoms with van der Waals surface area (Å²) >= 11 is 0. The van der Waals surface area contributed by atoms with E-state index in [1.165, 1.54) is 0 Å². The second-order valence-electron chi connectivity index (χ2n) is 10.4. The molecule has 0 radical (unpaired) electrons. The number of nitrogens with one attached hydrogen (secondary N) is 3. The predicted molar refractivity (Wildman–Crippen MR) is 142 cm³/mol. The number of likely N-dealkylation sites (N-methyl/N-ethyl adjacent to an activating group) is 1. The normalized spacial score (nSPS) is 11.6. The second-order valence-corrected chi connectivity index (χ2v) is 10.4. The first kappa shape index (κ1) is 32.9. The van der Waals surface area contributed by atoms with Crippen LogP contribution in [0.2, 0.25) is 0 Å². The Morgan fingerprint density at radius 2 is 1.26 bits per heavy atom. The highest BCUT2D eigenvalue weighted by atomic mass is 16.6. The fourth-order valence-electron chi connectivity index (χ4n) is 2.67. The third-order valence-corrected chi connectivity index (χ3v) is 4.29. The summed E-state index contributed by atoms with van der Waals surface area (Å²) in [5.74, 6) is 0.279. The van der Waals surface area contributed by atoms with Crippen LogP contribution >= 0.6 is 0 Å². The summed E-state index contributed by atoms with van der Waals surface area (Å²) in [6, 6.07) is 0.149. The number of aliphatic hydroxyl groups is 1. The lowest BCUT2D eigenvalue weighted by molar-refractivity contribution is 0.0513. The molecule has 1 heterocycles. The molecule has 14 nitrogen and oxygen atoms in total. The SMILES string of the molecule is CN(CCO)CCNc1nc(OCCCNC(=O)OC(C)(C)C)nc(OCCCNC(=O)OC(C)(C)C)n1. The molecule has 0 atom stereocenters. The number of alkyl carbamates (subject to hydrolysis) is 2. The number of rotatable bonds is 16. The number of amides is 2. The van der Waals surface area contributed by atoms with Crippen LogP contribution in [0, 0.1) is 0 Å². The van der Waals surface area contributed by atoms with Crippen LogP contribution in [0.3, 0.4) is 0 Å². The number of aromatic nitrogens is 3. The average molecular weight is 544 g/mol. The molecule has 2 amide bonds. The van der Waals surface area contributed by atoms with Gasteiger partial charge in [0.15, 0.2) is 0 Å². The van der Waals surface area contributed by atoms with E-state index in [0.717, 1.165) is 0 Å². The molecule has 0 bridgehead atoms. The summed E-state index contributed by atoms with van der Waals surface area (Å²) in [5, 5.41) is 17.5. The van der Waals surface area contributed by atoms with Gasteiger partial charge in [-0.3, -0.25) is 0 Å². The highest BCUT2D eigenvalue weighted by Crippen LogP contribution is 2.14. The molecule has 14 heteroatoms. The monoisotopic (exact) mass is 543 g/mol. The van der Waals surface area contributed by atoms with Crippen molar-refractivity contribution in [3.8, 4) is 12.0 Å². The topological polar surface area (TPSA) is 169 Å². The number of carbonyl (C=O) groups is 2. The van der Waals surface area contributed by atoms with Crippen molar-refractivity contribution < 1.29 is 33.6 Å². The van der Waals surface area contributed by atoms with Gasteiger partial charge in [-0.05, 0) is 61.4 Å². The van der Waals surface area contributed by atoms with E-state index in [2.05, 4.69) is 30.9 Å². The molecule has 1 aromatic heterocycles. The van der Waals surface area contributed by atoms with Crippen LogP contribution < -0.4 is 25.4 Å². The fourth-order valence-corrected chi connectivity index (χ4v) is 2.67. The molecule has 0 aromatic carbocycles. The number of hydrogen-bond acceptors (Lipinski definition) is 12. The minimum Gasteiger partial charge on any atom is -0.463 e. The van der Waals surface area contributed by atoms with Crippen molar-refractivity contribution in [3.63, 3.8) is 0 Å². The van der Waals surface area contributed by atoms with E-state index < -0.39 is 23.4 Å². The van der Waals surface area contributed by atoms with Crippen LogP contribution in [0.5, 0.6) is 12.0 Å². The Kier molecular flexibility index (Phi) is 14.4. The van der Waals surface area contributed by atoms with E-state index in [4.69, 9.17) is 24.1 Å². The Hall–Kier alpha value is -3.13. The van der Waals surface area contributed by atoms with Crippen LogP contribution in [0.15, 0.2) is 0 Å². The van der Waals surface area contributed by atoms with Crippen molar-refractivity contribution >= 4 is 18.1 Å². The Morgan fingerprint density at radius 1 is 0.789 bits per heavy atom. The molecule has 0 saturated carbocycles. The Morgan fingerprint density at radius 3 is 1.68 bits per heavy atom. The van der Waals surface area contributed by atoms with Gasteiger partial charge in [-0.2, -0.15) is 9.97 Å². The lowest BCUT2D eigenvalue weighted by atomic mass is 10.2. The molecule has 0 aliphatic carbocycles. The van der Waals surface area contributed by atoms with Crippen molar-refractivity contribution in [2.75, 3.05) is 64.9 Å². The van der Waals surface area contributed by atoms with Crippen molar-refractivity contribution in [2.24, 2.45) is 0 Å². The van der Waals surface area contributed by atoms with Crippen molar-refractivity contribution in [2.45, 2.75) is 65.6 Å². The predicted octanol–water partition coefficient (Wildman–Crippen LogP) is 1.79. The van der Waals surface area contributed by atoms with Gasteiger partial charge in [0.05, 0.1) is 19.8 Å². The van der Waals surface area contributed by atoms with E-state index in [1.807, 2.05) is 11.9 Å². The number of carbonyl (C=O) groups excluding carboxylic acids is 2. The molecular formula is C24H45N7O7. The molecule has 38 heavy (non-hydrogen) atoms. The summed E-state index contributed by atoms with van der Waals surface area (Å²) in [7, 11) is 1.89. The third-order valence-electron chi connectivity index (χ3n) is 4.29. The highest BCUT2D eigenvalue weighted by molar-refractivity contribution is 5.67. The van der Waals surface area contributed by atoms with E-state index in [9.17, 15) is 9.59 Å². The van der Waals surface area contributed by atoms with Crippen LogP contribution in [0.1, 0.15) is 54.4 Å². The second kappa shape index (κ2) is 16.7. The molecule has 1 rings (SSSR count). The Bertz CT molecular complexity index is 788. The maximum Gasteiger partial charge on any atom is 0.407 e. The zero-order chi connectivity index (χ0) is 28.6. The molecule has 0 spiro atoms. The lowest BCUT2D eigenvalue weighted by Gasteiger charge is -2.19. The average Bonchev–Trinajstić information content (AvgIpc) is 2.76. The van der Waals surface area contributed by atoms with Gasteiger partial charge >= 0.3 is 24.2 Å². The van der Waals surface area contributed by atoms with E-state index in [0.29, 0.717) is 45.6 Å². The minimum atomic E-state index is -0.566. The number of nitrogens with zero attached hydrogens (tertiary/aromatic N) is 4. The van der Waals surface area contributed by atoms with Gasteiger partial charge in [0.1, 0.15) is 11.2 Å². The first-order valence-corrected chi connectivity index (χ1v) is 12.8. The van der Waals surface area contributed by atoms with E-state index in [-0.39, 0.29) is 37.8 Å². The number of hydrogen-bond donors (Lipinski definition) is 4. The molecule has 0 aliphatic rings. The number of ether oxygens (including phenoxy) is 4. The zero-order valence-electron chi connectivity index (χ0n) is 23.8. The van der Waals surface area contributed by atoms with Crippen LogP contribution in [0.4, 0.5) is 15.5 Å². The molecule has 0 saturated heterocycles. The third kappa shape index (κ3) is 17.3. The molecule has 4 N–H and O–H groups in total. The Labute approximate surface area is 225 Å². The van der Waals surface area contributed by atoms with Crippen molar-refractivity contribution in [1.82, 2.24) is 30.5 Å². The maximum atomic E-state index is 11.7. The summed E-state index contributed by atoms with van der Waals surface area (Å²) in [6.07, 6.45) is 0.0255. The van der Waals surface area contributed by atoms with Gasteiger partial charge in [0, 0.05) is 32.7 Å². The van der Waals surface area contributed by atoms with Gasteiger partial charge in [0.25, 0.3) is 0 Å². The standard InChI is InChI=1S/C24H45N7O7/c1-23(2,3)37-21(33)26-10-8-16-35-19-28-18(25-12-13-31(7)14-15-32)29-20(30-19)36-17-9-11-27-22(34)38-24(4,5)6/h32H,8-17H2,1-7H3,(H,26,33)(H,27,34)(H,25,28,29,30). The number of anilines is 1. The first-order valence-electron chi connectivity index (χ1n) is 12.8. The molecule has 0 unspecified atom stereocenters. The summed E-state index contributed by atoms with van der Waals surface area (Å²) in [5.41, 5.74) is -1.13. The maximum absolute atomic E-state index is 11.7.